The van der Waals surface area contributed by atoms with Gasteiger partial charge in [0.2, 0.25) is 0 Å². The monoisotopic (exact) mass is 372 g/mol. The molecule has 0 aromatic heterocycles. The maximum Gasteiger partial charge on any atom is 0.308 e. The third-order valence-electron chi connectivity index (χ3n) is 4.99. The summed E-state index contributed by atoms with van der Waals surface area (Å²) in [5, 5.41) is 9.09. The van der Waals surface area contributed by atoms with E-state index in [2.05, 4.69) is 13.8 Å². The molecule has 6 heteroatoms. The van der Waals surface area contributed by atoms with E-state index >= 15 is 0 Å². The summed E-state index contributed by atoms with van der Waals surface area (Å²) < 4.78 is 10.3. The first kappa shape index (κ1) is 24.4. The quantitative estimate of drug-likeness (QED) is 0.462. The standard InChI is InChI=1S/C20H36O6/c1-6-9-10-15(7-2)13-26-20(24)16(8-3)12-17(19(23)25-5)11-14(4)18(21)22/h14-17H,6-13H2,1-5H3,(H,21,22). The molecule has 0 bridgehead atoms. The highest BCUT2D eigenvalue weighted by Gasteiger charge is 2.31. The summed E-state index contributed by atoms with van der Waals surface area (Å²) in [6.07, 6.45) is 5.18. The molecule has 0 rings (SSSR count). The highest BCUT2D eigenvalue weighted by atomic mass is 16.5. The SMILES string of the molecule is CCCCC(CC)COC(=O)C(CC)CC(CC(C)C(=O)O)C(=O)OC. The van der Waals surface area contributed by atoms with Crippen LogP contribution in [0.4, 0.5) is 0 Å². The van der Waals surface area contributed by atoms with E-state index in [0.29, 0.717) is 18.9 Å². The zero-order valence-electron chi connectivity index (χ0n) is 17.0. The number of carbonyl (C=O) groups is 3. The van der Waals surface area contributed by atoms with E-state index in [0.717, 1.165) is 25.7 Å². The second-order valence-electron chi connectivity index (χ2n) is 7.08. The Kier molecular flexibility index (Phi) is 12.8. The molecule has 0 aromatic carbocycles. The van der Waals surface area contributed by atoms with Crippen LogP contribution in [-0.4, -0.2) is 36.7 Å². The summed E-state index contributed by atoms with van der Waals surface area (Å²) in [6, 6.07) is 0. The molecule has 0 saturated heterocycles. The first-order valence-corrected chi connectivity index (χ1v) is 9.77. The van der Waals surface area contributed by atoms with E-state index < -0.39 is 29.7 Å². The Labute approximate surface area is 157 Å². The van der Waals surface area contributed by atoms with E-state index in [1.54, 1.807) is 6.92 Å². The second-order valence-corrected chi connectivity index (χ2v) is 7.08. The Morgan fingerprint density at radius 2 is 1.62 bits per heavy atom. The van der Waals surface area contributed by atoms with Gasteiger partial charge in [-0.05, 0) is 31.6 Å². The minimum Gasteiger partial charge on any atom is -0.481 e. The Morgan fingerprint density at radius 1 is 0.962 bits per heavy atom. The molecule has 1 N–H and O–H groups in total. The number of ether oxygens (including phenoxy) is 2. The van der Waals surface area contributed by atoms with Crippen LogP contribution in [0.25, 0.3) is 0 Å². The fraction of sp³-hybridized carbons (Fsp3) is 0.850. The minimum absolute atomic E-state index is 0.153. The molecule has 0 saturated carbocycles. The van der Waals surface area contributed by atoms with Gasteiger partial charge in [0.25, 0.3) is 0 Å². The number of methoxy groups -OCH3 is 1. The molecular formula is C20H36O6. The number of unbranched alkanes of at least 4 members (excludes halogenated alkanes) is 1. The highest BCUT2D eigenvalue weighted by molar-refractivity contribution is 5.77. The number of carboxylic acids is 1. The van der Waals surface area contributed by atoms with Crippen molar-refractivity contribution in [3.63, 3.8) is 0 Å². The predicted molar refractivity (Wildman–Crippen MR) is 99.6 cm³/mol. The van der Waals surface area contributed by atoms with Gasteiger partial charge in [0.15, 0.2) is 0 Å². The van der Waals surface area contributed by atoms with Crippen LogP contribution in [0.3, 0.4) is 0 Å². The van der Waals surface area contributed by atoms with Crippen molar-refractivity contribution in [2.45, 2.75) is 72.6 Å². The van der Waals surface area contributed by atoms with E-state index in [9.17, 15) is 14.4 Å². The molecule has 4 atom stereocenters. The van der Waals surface area contributed by atoms with Gasteiger partial charge in [0.1, 0.15) is 0 Å². The smallest absolute Gasteiger partial charge is 0.308 e. The van der Waals surface area contributed by atoms with Gasteiger partial charge in [-0.1, -0.05) is 47.0 Å². The fourth-order valence-electron chi connectivity index (χ4n) is 2.97. The van der Waals surface area contributed by atoms with E-state index in [4.69, 9.17) is 14.6 Å². The molecule has 0 fully saturated rings. The lowest BCUT2D eigenvalue weighted by Gasteiger charge is -2.22. The molecule has 0 aliphatic heterocycles. The summed E-state index contributed by atoms with van der Waals surface area (Å²) >= 11 is 0. The summed E-state index contributed by atoms with van der Waals surface area (Å²) in [7, 11) is 1.28. The molecular weight excluding hydrogens is 336 g/mol. The average molecular weight is 373 g/mol. The summed E-state index contributed by atoms with van der Waals surface area (Å²) in [4.78, 5) is 35.5. The second kappa shape index (κ2) is 13.6. The molecule has 0 aromatic rings. The molecule has 26 heavy (non-hydrogen) atoms. The van der Waals surface area contributed by atoms with Crippen molar-refractivity contribution in [3.05, 3.63) is 0 Å². The van der Waals surface area contributed by atoms with Gasteiger partial charge in [-0.25, -0.2) is 0 Å². The summed E-state index contributed by atoms with van der Waals surface area (Å²) in [5.41, 5.74) is 0. The van der Waals surface area contributed by atoms with Crippen LogP contribution in [0, 0.1) is 23.7 Å². The van der Waals surface area contributed by atoms with Crippen LogP contribution in [-0.2, 0) is 23.9 Å². The van der Waals surface area contributed by atoms with Gasteiger partial charge in [0.05, 0.1) is 31.5 Å². The van der Waals surface area contributed by atoms with Gasteiger partial charge in [0, 0.05) is 0 Å². The molecule has 0 heterocycles. The zero-order chi connectivity index (χ0) is 20.1. The van der Waals surface area contributed by atoms with Gasteiger partial charge < -0.3 is 14.6 Å². The normalized spacial score (nSPS) is 15.6. The number of hydrogen-bond acceptors (Lipinski definition) is 5. The molecule has 0 amide bonds. The van der Waals surface area contributed by atoms with Gasteiger partial charge in [-0.3, -0.25) is 14.4 Å². The number of aliphatic carboxylic acids is 1. The molecule has 152 valence electrons. The van der Waals surface area contributed by atoms with Gasteiger partial charge in [-0.15, -0.1) is 0 Å². The highest BCUT2D eigenvalue weighted by Crippen LogP contribution is 2.25. The Morgan fingerprint density at radius 3 is 2.08 bits per heavy atom. The maximum absolute atomic E-state index is 12.4. The molecule has 6 nitrogen and oxygen atoms in total. The zero-order valence-corrected chi connectivity index (χ0v) is 17.0. The van der Waals surface area contributed by atoms with Crippen molar-refractivity contribution in [2.75, 3.05) is 13.7 Å². The van der Waals surface area contributed by atoms with Crippen molar-refractivity contribution in [1.29, 1.82) is 0 Å². The van der Waals surface area contributed by atoms with Gasteiger partial charge in [-0.2, -0.15) is 0 Å². The van der Waals surface area contributed by atoms with Crippen LogP contribution in [0.5, 0.6) is 0 Å². The lowest BCUT2D eigenvalue weighted by Crippen LogP contribution is -2.28. The predicted octanol–water partition coefficient (Wildman–Crippen LogP) is 4.06. The summed E-state index contributed by atoms with van der Waals surface area (Å²) in [6.45, 7) is 8.05. The largest absolute Gasteiger partial charge is 0.481 e. The van der Waals surface area contributed by atoms with Crippen LogP contribution < -0.4 is 0 Å². The van der Waals surface area contributed by atoms with Crippen molar-refractivity contribution in [2.24, 2.45) is 23.7 Å². The Balaban J connectivity index is 4.80. The van der Waals surface area contributed by atoms with Crippen molar-refractivity contribution < 1.29 is 29.0 Å². The number of carboxylic acid groups (broad SMARTS) is 1. The molecule has 4 unspecified atom stereocenters. The van der Waals surface area contributed by atoms with Crippen LogP contribution in [0.15, 0.2) is 0 Å². The minimum atomic E-state index is -0.962. The average Bonchev–Trinajstić information content (AvgIpc) is 2.63. The van der Waals surface area contributed by atoms with E-state index in [-0.39, 0.29) is 18.8 Å². The van der Waals surface area contributed by atoms with E-state index in [1.165, 1.54) is 7.11 Å². The first-order chi connectivity index (χ1) is 12.3. The number of hydrogen-bond donors (Lipinski definition) is 1. The Hall–Kier alpha value is -1.59. The number of esters is 2. The molecule has 0 radical (unpaired) electrons. The van der Waals surface area contributed by atoms with Crippen LogP contribution >= 0.6 is 0 Å². The van der Waals surface area contributed by atoms with E-state index in [1.807, 2.05) is 6.92 Å². The maximum atomic E-state index is 12.4. The molecule has 0 aliphatic rings. The Bertz CT molecular complexity index is 434. The topological polar surface area (TPSA) is 89.9 Å². The third-order valence-corrected chi connectivity index (χ3v) is 4.99. The van der Waals surface area contributed by atoms with Crippen molar-refractivity contribution in [1.82, 2.24) is 0 Å². The van der Waals surface area contributed by atoms with Crippen LogP contribution in [0.1, 0.15) is 72.6 Å². The molecule has 0 aliphatic carbocycles. The molecule has 0 spiro atoms. The van der Waals surface area contributed by atoms with Crippen LogP contribution in [0.2, 0.25) is 0 Å². The van der Waals surface area contributed by atoms with Gasteiger partial charge >= 0.3 is 17.9 Å². The first-order valence-electron chi connectivity index (χ1n) is 9.77. The lowest BCUT2D eigenvalue weighted by atomic mass is 9.86. The lowest BCUT2D eigenvalue weighted by molar-refractivity contribution is -0.153. The number of carbonyl (C=O) groups excluding carboxylic acids is 2. The summed E-state index contributed by atoms with van der Waals surface area (Å²) in [5.74, 6) is -3.10. The number of rotatable bonds is 14. The van der Waals surface area contributed by atoms with Crippen molar-refractivity contribution >= 4 is 17.9 Å². The fourth-order valence-corrected chi connectivity index (χ4v) is 2.97. The third kappa shape index (κ3) is 9.20. The van der Waals surface area contributed by atoms with Crippen molar-refractivity contribution in [3.8, 4) is 0 Å².